The fourth-order valence-electron chi connectivity index (χ4n) is 1.16. The number of methoxy groups -OCH3 is 2. The van der Waals surface area contributed by atoms with E-state index in [4.69, 9.17) is 9.47 Å². The highest BCUT2D eigenvalue weighted by Gasteiger charge is 2.34. The number of nitrogens with zero attached hydrogens (tertiary/aromatic N) is 1. The van der Waals surface area contributed by atoms with Crippen molar-refractivity contribution in [1.29, 1.82) is 0 Å². The Labute approximate surface area is 90.5 Å². The van der Waals surface area contributed by atoms with Gasteiger partial charge in [-0.2, -0.15) is 8.78 Å². The maximum Gasteiger partial charge on any atom is 0.382 e. The van der Waals surface area contributed by atoms with Crippen LogP contribution in [-0.4, -0.2) is 20.3 Å². The average molecular weight is 229 g/mol. The third kappa shape index (κ3) is 2.35. The van der Waals surface area contributed by atoms with Gasteiger partial charge in [0.2, 0.25) is 6.08 Å². The smallest absolute Gasteiger partial charge is 0.382 e. The molecule has 0 aromatic heterocycles. The fraction of sp³-hybridized carbons (Fsp3) is 0.300. The molecule has 0 aliphatic rings. The minimum absolute atomic E-state index is 0.108. The molecule has 0 radical (unpaired) electrons. The monoisotopic (exact) mass is 229 g/mol. The Morgan fingerprint density at radius 1 is 1.31 bits per heavy atom. The summed E-state index contributed by atoms with van der Waals surface area (Å²) in [4.78, 5) is 12.3. The summed E-state index contributed by atoms with van der Waals surface area (Å²) in [6.45, 7) is 0. The van der Waals surface area contributed by atoms with E-state index in [9.17, 15) is 13.6 Å². The Balaban J connectivity index is 3.28. The van der Waals surface area contributed by atoms with E-state index in [1.807, 2.05) is 0 Å². The molecule has 0 aliphatic heterocycles. The topological polar surface area (TPSA) is 47.9 Å². The van der Waals surface area contributed by atoms with Crippen LogP contribution in [0.3, 0.4) is 0 Å². The number of isocyanates is 1. The Kier molecular flexibility index (Phi) is 3.58. The van der Waals surface area contributed by atoms with E-state index in [0.717, 1.165) is 12.1 Å². The van der Waals surface area contributed by atoms with E-state index in [-0.39, 0.29) is 5.75 Å². The van der Waals surface area contributed by atoms with Gasteiger partial charge in [-0.05, 0) is 12.1 Å². The lowest BCUT2D eigenvalue weighted by Crippen LogP contribution is -2.11. The molecule has 0 amide bonds. The van der Waals surface area contributed by atoms with Gasteiger partial charge in [0.05, 0.1) is 19.8 Å². The predicted molar refractivity (Wildman–Crippen MR) is 51.6 cm³/mol. The first-order valence-electron chi connectivity index (χ1n) is 4.24. The van der Waals surface area contributed by atoms with E-state index in [0.29, 0.717) is 5.75 Å². The molecule has 0 spiro atoms. The maximum atomic E-state index is 13.3. The van der Waals surface area contributed by atoms with Crippen molar-refractivity contribution < 1.29 is 23.0 Å². The zero-order chi connectivity index (χ0) is 12.2. The molecular formula is C10H9F2NO3. The van der Waals surface area contributed by atoms with Gasteiger partial charge in [0, 0.05) is 6.07 Å². The summed E-state index contributed by atoms with van der Waals surface area (Å²) in [7, 11) is 2.63. The molecule has 16 heavy (non-hydrogen) atoms. The van der Waals surface area contributed by atoms with Crippen LogP contribution in [0.25, 0.3) is 0 Å². The number of ether oxygens (including phenoxy) is 2. The van der Waals surface area contributed by atoms with Crippen LogP contribution in [0.2, 0.25) is 0 Å². The first kappa shape index (κ1) is 12.1. The second-order valence-corrected chi connectivity index (χ2v) is 2.81. The van der Waals surface area contributed by atoms with Gasteiger partial charge < -0.3 is 9.47 Å². The molecule has 0 bridgehead atoms. The lowest BCUT2D eigenvalue weighted by Gasteiger charge is -2.14. The number of hydrogen-bond acceptors (Lipinski definition) is 4. The molecule has 0 saturated carbocycles. The Morgan fingerprint density at radius 3 is 2.50 bits per heavy atom. The van der Waals surface area contributed by atoms with E-state index < -0.39 is 11.6 Å². The molecule has 0 heterocycles. The minimum atomic E-state index is -3.65. The van der Waals surface area contributed by atoms with Crippen LogP contribution in [0.15, 0.2) is 23.2 Å². The molecule has 0 atom stereocenters. The van der Waals surface area contributed by atoms with Crippen LogP contribution in [0, 0.1) is 0 Å². The van der Waals surface area contributed by atoms with Crippen molar-refractivity contribution in [1.82, 2.24) is 0 Å². The molecule has 0 fully saturated rings. The highest BCUT2D eigenvalue weighted by Crippen LogP contribution is 2.37. The summed E-state index contributed by atoms with van der Waals surface area (Å²) in [5.41, 5.74) is -0.515. The number of hydrogen-bond donors (Lipinski definition) is 0. The van der Waals surface area contributed by atoms with Crippen LogP contribution >= 0.6 is 0 Å². The van der Waals surface area contributed by atoms with Crippen molar-refractivity contribution in [3.63, 3.8) is 0 Å². The van der Waals surface area contributed by atoms with E-state index in [1.54, 1.807) is 0 Å². The lowest BCUT2D eigenvalue weighted by molar-refractivity contribution is 0.00386. The second kappa shape index (κ2) is 4.72. The largest absolute Gasteiger partial charge is 0.497 e. The first-order valence-corrected chi connectivity index (χ1v) is 4.24. The molecule has 1 aromatic rings. The van der Waals surface area contributed by atoms with E-state index in [1.165, 1.54) is 26.4 Å². The third-order valence-electron chi connectivity index (χ3n) is 1.92. The maximum absolute atomic E-state index is 13.3. The summed E-state index contributed by atoms with van der Waals surface area (Å²) in [5, 5.41) is 0. The van der Waals surface area contributed by atoms with Gasteiger partial charge in [-0.15, -0.1) is 4.99 Å². The molecule has 0 aliphatic carbocycles. The van der Waals surface area contributed by atoms with Crippen molar-refractivity contribution in [2.45, 2.75) is 6.05 Å². The van der Waals surface area contributed by atoms with Gasteiger partial charge >= 0.3 is 6.05 Å². The van der Waals surface area contributed by atoms with E-state index in [2.05, 4.69) is 4.99 Å². The van der Waals surface area contributed by atoms with Crippen LogP contribution in [0.5, 0.6) is 11.5 Å². The molecule has 1 aromatic carbocycles. The standard InChI is InChI=1S/C10H9F2NO3/c1-15-7-3-4-8(9(5-7)16-2)10(11,12)13-6-14/h3-5H,1-2H3. The molecule has 86 valence electrons. The van der Waals surface area contributed by atoms with Gasteiger partial charge in [0.25, 0.3) is 0 Å². The zero-order valence-electron chi connectivity index (χ0n) is 8.66. The second-order valence-electron chi connectivity index (χ2n) is 2.81. The summed E-state index contributed by atoms with van der Waals surface area (Å²) < 4.78 is 36.2. The minimum Gasteiger partial charge on any atom is -0.497 e. The van der Waals surface area contributed by atoms with Crippen LogP contribution in [0.1, 0.15) is 5.56 Å². The quantitative estimate of drug-likeness (QED) is 0.451. The van der Waals surface area contributed by atoms with Gasteiger partial charge in [-0.3, -0.25) is 0 Å². The Morgan fingerprint density at radius 2 is 2.00 bits per heavy atom. The average Bonchev–Trinajstić information content (AvgIpc) is 2.28. The highest BCUT2D eigenvalue weighted by molar-refractivity contribution is 5.45. The molecule has 1 rings (SSSR count). The Bertz CT molecular complexity index is 428. The van der Waals surface area contributed by atoms with Crippen molar-refractivity contribution in [3.05, 3.63) is 23.8 Å². The number of rotatable bonds is 4. The van der Waals surface area contributed by atoms with Crippen molar-refractivity contribution >= 4 is 6.08 Å². The molecule has 0 saturated heterocycles. The fourth-order valence-corrected chi connectivity index (χ4v) is 1.16. The number of halogens is 2. The summed E-state index contributed by atoms with van der Waals surface area (Å²) >= 11 is 0. The predicted octanol–water partition coefficient (Wildman–Crippen LogP) is 2.09. The van der Waals surface area contributed by atoms with Gasteiger partial charge in [0.15, 0.2) is 0 Å². The molecule has 6 heteroatoms. The normalized spacial score (nSPS) is 10.5. The van der Waals surface area contributed by atoms with Gasteiger partial charge in [0.1, 0.15) is 11.5 Å². The van der Waals surface area contributed by atoms with Gasteiger partial charge in [-0.1, -0.05) is 0 Å². The first-order chi connectivity index (χ1) is 7.55. The third-order valence-corrected chi connectivity index (χ3v) is 1.92. The summed E-state index contributed by atoms with van der Waals surface area (Å²) in [6.07, 6.45) is 0.825. The molecule has 0 unspecified atom stereocenters. The molecule has 4 nitrogen and oxygen atoms in total. The van der Waals surface area contributed by atoms with E-state index >= 15 is 0 Å². The van der Waals surface area contributed by atoms with Crippen molar-refractivity contribution in [2.75, 3.05) is 14.2 Å². The van der Waals surface area contributed by atoms with Crippen LogP contribution in [0.4, 0.5) is 8.78 Å². The van der Waals surface area contributed by atoms with Crippen LogP contribution in [-0.2, 0) is 10.8 Å². The van der Waals surface area contributed by atoms with Crippen LogP contribution < -0.4 is 9.47 Å². The molecular weight excluding hydrogens is 220 g/mol. The lowest BCUT2D eigenvalue weighted by atomic mass is 10.1. The van der Waals surface area contributed by atoms with Gasteiger partial charge in [-0.25, -0.2) is 4.79 Å². The highest BCUT2D eigenvalue weighted by atomic mass is 19.3. The molecule has 0 N–H and O–H groups in total. The number of alkyl halides is 2. The SMILES string of the molecule is COc1ccc(C(F)(F)N=C=O)c(OC)c1. The number of carbonyl (C=O) groups excluding carboxylic acids is 1. The summed E-state index contributed by atoms with van der Waals surface area (Å²) in [5.74, 6) is 0.259. The zero-order valence-corrected chi connectivity index (χ0v) is 8.66. The number of benzene rings is 1. The number of aliphatic imine (C=N–C) groups is 1. The van der Waals surface area contributed by atoms with Crippen molar-refractivity contribution in [2.24, 2.45) is 4.99 Å². The van der Waals surface area contributed by atoms with Crippen molar-refractivity contribution in [3.8, 4) is 11.5 Å². The summed E-state index contributed by atoms with van der Waals surface area (Å²) in [6, 6.07) is 0.0352. The Hall–Kier alpha value is -1.94.